The van der Waals surface area contributed by atoms with Crippen molar-refractivity contribution in [3.05, 3.63) is 40.7 Å². The zero-order valence-corrected chi connectivity index (χ0v) is 17.3. The molecule has 4 rings (SSSR count). The summed E-state index contributed by atoms with van der Waals surface area (Å²) >= 11 is 6.07. The highest BCUT2D eigenvalue weighted by atomic mass is 35.5. The van der Waals surface area contributed by atoms with E-state index in [1.54, 1.807) is 0 Å². The molecule has 150 valence electrons. The lowest BCUT2D eigenvalue weighted by Crippen LogP contribution is -2.47. The van der Waals surface area contributed by atoms with Crippen LogP contribution in [0.2, 0.25) is 5.02 Å². The lowest BCUT2D eigenvalue weighted by Gasteiger charge is -2.35. The molecule has 0 radical (unpaired) electrons. The predicted octanol–water partition coefficient (Wildman–Crippen LogP) is 2.67. The number of likely N-dealkylation sites (N-methyl/N-ethyl adjacent to an activating group) is 1. The Hall–Kier alpha value is -1.99. The predicted molar refractivity (Wildman–Crippen MR) is 107 cm³/mol. The van der Waals surface area contributed by atoms with Crippen molar-refractivity contribution < 1.29 is 4.79 Å². The van der Waals surface area contributed by atoms with Crippen LogP contribution in [0.5, 0.6) is 0 Å². The minimum atomic E-state index is -0.351. The van der Waals surface area contributed by atoms with Crippen LogP contribution in [-0.4, -0.2) is 63.1 Å². The Kier molecular flexibility index (Phi) is 5.38. The number of likely N-dealkylation sites (tertiary alicyclic amines) is 1. The summed E-state index contributed by atoms with van der Waals surface area (Å²) in [6.07, 6.45) is 5.89. The van der Waals surface area contributed by atoms with Gasteiger partial charge in [-0.25, -0.2) is 4.68 Å². The molecule has 7 nitrogen and oxygen atoms in total. The van der Waals surface area contributed by atoms with Gasteiger partial charge in [0.2, 0.25) is 5.91 Å². The number of hydrogen-bond acceptors (Lipinski definition) is 5. The number of carbonyl (C=O) groups excluding carboxylic acids is 1. The summed E-state index contributed by atoms with van der Waals surface area (Å²) in [5, 5.41) is 13.4. The molecule has 1 unspecified atom stereocenters. The molecular formula is C20H27ClN6O. The molecule has 0 N–H and O–H groups in total. The Balaban J connectivity index is 1.55. The molecule has 0 spiro atoms. The van der Waals surface area contributed by atoms with E-state index in [0.29, 0.717) is 30.6 Å². The van der Waals surface area contributed by atoms with Crippen molar-refractivity contribution >= 4 is 17.5 Å². The van der Waals surface area contributed by atoms with Crippen LogP contribution in [0.3, 0.4) is 0 Å². The fourth-order valence-corrected chi connectivity index (χ4v) is 4.80. The van der Waals surface area contributed by atoms with Crippen molar-refractivity contribution in [2.45, 2.75) is 50.1 Å². The number of aromatic nitrogens is 4. The standard InChI is InChI=1S/C20H27ClN6O/c1-25(2)20(19-22-23-24-27(19)17-8-3-4-9-17)10-11-26(14-20)18(28)13-15-6-5-7-16(21)12-15/h5-7,12,17H,3-4,8-11,13-14H2,1-2H3. The zero-order valence-electron chi connectivity index (χ0n) is 16.5. The summed E-state index contributed by atoms with van der Waals surface area (Å²) in [5.41, 5.74) is 0.589. The second-order valence-electron chi connectivity index (χ2n) is 8.18. The number of rotatable bonds is 5. The molecule has 1 aliphatic heterocycles. The van der Waals surface area contributed by atoms with Gasteiger partial charge in [0.1, 0.15) is 5.54 Å². The molecular weight excluding hydrogens is 376 g/mol. The monoisotopic (exact) mass is 402 g/mol. The van der Waals surface area contributed by atoms with Gasteiger partial charge in [0.15, 0.2) is 5.82 Å². The number of benzene rings is 1. The molecule has 1 aromatic carbocycles. The SMILES string of the molecule is CN(C)C1(c2nnnn2C2CCCC2)CCN(C(=O)Cc2cccc(Cl)c2)C1. The van der Waals surface area contributed by atoms with Crippen LogP contribution in [0.25, 0.3) is 0 Å². The second kappa shape index (κ2) is 7.79. The Morgan fingerprint density at radius 3 is 2.82 bits per heavy atom. The number of nitrogens with zero attached hydrogens (tertiary/aromatic N) is 6. The van der Waals surface area contributed by atoms with Crippen molar-refractivity contribution in [3.63, 3.8) is 0 Å². The van der Waals surface area contributed by atoms with Gasteiger partial charge in [0.05, 0.1) is 12.5 Å². The van der Waals surface area contributed by atoms with Crippen LogP contribution < -0.4 is 0 Å². The fourth-order valence-electron chi connectivity index (χ4n) is 4.58. The largest absolute Gasteiger partial charge is 0.340 e. The van der Waals surface area contributed by atoms with E-state index in [1.165, 1.54) is 12.8 Å². The first-order chi connectivity index (χ1) is 13.5. The normalized spacial score (nSPS) is 23.1. The van der Waals surface area contributed by atoms with Crippen molar-refractivity contribution in [2.75, 3.05) is 27.2 Å². The van der Waals surface area contributed by atoms with Gasteiger partial charge in [-0.3, -0.25) is 9.69 Å². The molecule has 1 saturated heterocycles. The highest BCUT2D eigenvalue weighted by Crippen LogP contribution is 2.38. The molecule has 0 bridgehead atoms. The summed E-state index contributed by atoms with van der Waals surface area (Å²) in [6.45, 7) is 1.31. The van der Waals surface area contributed by atoms with Crippen LogP contribution in [0, 0.1) is 0 Å². The van der Waals surface area contributed by atoms with Crippen molar-refractivity contribution in [2.24, 2.45) is 0 Å². The van der Waals surface area contributed by atoms with E-state index in [0.717, 1.165) is 30.7 Å². The minimum Gasteiger partial charge on any atom is -0.340 e. The first-order valence-electron chi connectivity index (χ1n) is 9.97. The molecule has 2 heterocycles. The van der Waals surface area contributed by atoms with Crippen molar-refractivity contribution in [3.8, 4) is 0 Å². The summed E-state index contributed by atoms with van der Waals surface area (Å²) in [4.78, 5) is 17.1. The highest BCUT2D eigenvalue weighted by Gasteiger charge is 2.47. The van der Waals surface area contributed by atoms with Crippen LogP contribution in [0.15, 0.2) is 24.3 Å². The summed E-state index contributed by atoms with van der Waals surface area (Å²) in [5.74, 6) is 1.01. The van der Waals surface area contributed by atoms with Crippen molar-refractivity contribution in [1.29, 1.82) is 0 Å². The molecule has 28 heavy (non-hydrogen) atoms. The Bertz CT molecular complexity index is 847. The van der Waals surface area contributed by atoms with Gasteiger partial charge < -0.3 is 4.90 Å². The van der Waals surface area contributed by atoms with Crippen LogP contribution >= 0.6 is 11.6 Å². The number of tetrazole rings is 1. The zero-order chi connectivity index (χ0) is 19.7. The molecule has 2 fully saturated rings. The topological polar surface area (TPSA) is 67.2 Å². The Morgan fingerprint density at radius 2 is 2.11 bits per heavy atom. The number of carbonyl (C=O) groups is 1. The second-order valence-corrected chi connectivity index (χ2v) is 8.62. The van der Waals surface area contributed by atoms with E-state index in [1.807, 2.05) is 33.8 Å². The smallest absolute Gasteiger partial charge is 0.227 e. The van der Waals surface area contributed by atoms with E-state index < -0.39 is 0 Å². The van der Waals surface area contributed by atoms with E-state index >= 15 is 0 Å². The highest BCUT2D eigenvalue weighted by molar-refractivity contribution is 6.30. The van der Waals surface area contributed by atoms with E-state index in [9.17, 15) is 4.79 Å². The molecule has 1 aromatic heterocycles. The van der Waals surface area contributed by atoms with Crippen LogP contribution in [-0.2, 0) is 16.8 Å². The van der Waals surface area contributed by atoms with Gasteiger partial charge in [-0.2, -0.15) is 0 Å². The van der Waals surface area contributed by atoms with Gasteiger partial charge in [-0.1, -0.05) is 36.6 Å². The van der Waals surface area contributed by atoms with Gasteiger partial charge >= 0.3 is 0 Å². The fraction of sp³-hybridized carbons (Fsp3) is 0.600. The number of amides is 1. The maximum Gasteiger partial charge on any atom is 0.227 e. The lowest BCUT2D eigenvalue weighted by molar-refractivity contribution is -0.130. The van der Waals surface area contributed by atoms with Gasteiger partial charge in [0, 0.05) is 18.1 Å². The van der Waals surface area contributed by atoms with E-state index in [-0.39, 0.29) is 11.4 Å². The minimum absolute atomic E-state index is 0.117. The Morgan fingerprint density at radius 1 is 1.32 bits per heavy atom. The number of halogens is 1. The maximum absolute atomic E-state index is 13.0. The maximum atomic E-state index is 13.0. The summed E-state index contributed by atoms with van der Waals surface area (Å²) in [6, 6.07) is 7.88. The molecule has 1 aliphatic carbocycles. The first kappa shape index (κ1) is 19.3. The van der Waals surface area contributed by atoms with Gasteiger partial charge in [-0.15, -0.1) is 5.10 Å². The number of hydrogen-bond donors (Lipinski definition) is 0. The van der Waals surface area contributed by atoms with E-state index in [4.69, 9.17) is 11.6 Å². The Labute approximate surface area is 170 Å². The first-order valence-corrected chi connectivity index (χ1v) is 10.4. The average molecular weight is 403 g/mol. The van der Waals surface area contributed by atoms with Crippen LogP contribution in [0.4, 0.5) is 0 Å². The van der Waals surface area contributed by atoms with Crippen LogP contribution in [0.1, 0.15) is 49.5 Å². The third kappa shape index (κ3) is 3.53. The van der Waals surface area contributed by atoms with Gasteiger partial charge in [-0.05, 0) is 61.5 Å². The molecule has 1 amide bonds. The van der Waals surface area contributed by atoms with E-state index in [2.05, 4.69) is 34.5 Å². The summed E-state index contributed by atoms with van der Waals surface area (Å²) < 4.78 is 2.03. The third-order valence-corrected chi connectivity index (χ3v) is 6.52. The molecule has 8 heteroatoms. The quantitative estimate of drug-likeness (QED) is 0.769. The molecule has 2 aliphatic rings. The molecule has 2 aromatic rings. The summed E-state index contributed by atoms with van der Waals surface area (Å²) in [7, 11) is 4.11. The molecule has 1 saturated carbocycles. The lowest BCUT2D eigenvalue weighted by atomic mass is 9.95. The van der Waals surface area contributed by atoms with Gasteiger partial charge in [0.25, 0.3) is 0 Å². The third-order valence-electron chi connectivity index (χ3n) is 6.28. The van der Waals surface area contributed by atoms with Crippen molar-refractivity contribution in [1.82, 2.24) is 30.0 Å². The average Bonchev–Trinajstić information content (AvgIpc) is 3.40. The molecule has 1 atom stereocenters.